The first-order chi connectivity index (χ1) is 9.15. The van der Waals surface area contributed by atoms with Crippen molar-refractivity contribution in [2.24, 2.45) is 0 Å². The highest BCUT2D eigenvalue weighted by Gasteiger charge is 2.28. The molecule has 19 heavy (non-hydrogen) atoms. The maximum Gasteiger partial charge on any atom is 0.101 e. The molecule has 1 aliphatic heterocycles. The molecule has 0 bridgehead atoms. The summed E-state index contributed by atoms with van der Waals surface area (Å²) in [6, 6.07) is 13.6. The molecule has 2 atom stereocenters. The van der Waals surface area contributed by atoms with Crippen LogP contribution in [0.3, 0.4) is 0 Å². The van der Waals surface area contributed by atoms with Gasteiger partial charge in [0.2, 0.25) is 0 Å². The molecule has 1 aliphatic rings. The molecule has 2 unspecified atom stereocenters. The second kappa shape index (κ2) is 5.16. The van der Waals surface area contributed by atoms with Gasteiger partial charge in [-0.2, -0.15) is 0 Å². The fourth-order valence-corrected chi connectivity index (χ4v) is 3.14. The zero-order valence-electron chi connectivity index (χ0n) is 10.1. The number of rotatable bonds is 2. The molecule has 0 saturated heterocycles. The van der Waals surface area contributed by atoms with Crippen LogP contribution in [0.25, 0.3) is 0 Å². The molecule has 2 N–H and O–H groups in total. The van der Waals surface area contributed by atoms with Gasteiger partial charge in [-0.05, 0) is 41.8 Å². The zero-order chi connectivity index (χ0) is 13.4. The third kappa shape index (κ3) is 2.50. The molecular formula is C15H13BrClNO. The van der Waals surface area contributed by atoms with Crippen LogP contribution >= 0.6 is 27.5 Å². The van der Waals surface area contributed by atoms with Crippen molar-refractivity contribution in [1.29, 1.82) is 0 Å². The molecule has 0 aromatic heterocycles. The Balaban J connectivity index is 1.87. The maximum atomic E-state index is 10.5. The Bertz CT molecular complexity index is 592. The van der Waals surface area contributed by atoms with Gasteiger partial charge in [-0.15, -0.1) is 0 Å². The lowest BCUT2D eigenvalue weighted by Gasteiger charge is -2.20. The van der Waals surface area contributed by atoms with E-state index in [4.69, 9.17) is 11.6 Å². The van der Waals surface area contributed by atoms with Crippen LogP contribution < -0.4 is 5.32 Å². The monoisotopic (exact) mass is 337 g/mol. The van der Waals surface area contributed by atoms with Gasteiger partial charge >= 0.3 is 0 Å². The van der Waals surface area contributed by atoms with Gasteiger partial charge in [0.15, 0.2) is 0 Å². The highest BCUT2D eigenvalue weighted by atomic mass is 79.9. The van der Waals surface area contributed by atoms with E-state index in [9.17, 15) is 5.11 Å². The highest BCUT2D eigenvalue weighted by Crippen LogP contribution is 2.35. The molecule has 0 amide bonds. The van der Waals surface area contributed by atoms with Crippen LogP contribution in [0.1, 0.15) is 17.2 Å². The first kappa shape index (κ1) is 13.0. The van der Waals surface area contributed by atoms with Gasteiger partial charge in [-0.3, -0.25) is 0 Å². The Hall–Kier alpha value is -1.03. The molecule has 0 fully saturated rings. The predicted molar refractivity (Wildman–Crippen MR) is 81.7 cm³/mol. The normalized spacial score (nSPS) is 18.8. The SMILES string of the molecule is OC(c1cc(Cl)ccc1Br)C1Cc2ccccc2N1. The van der Waals surface area contributed by atoms with E-state index in [2.05, 4.69) is 27.3 Å². The van der Waals surface area contributed by atoms with E-state index in [0.717, 1.165) is 22.1 Å². The Morgan fingerprint density at radius 1 is 1.26 bits per heavy atom. The summed E-state index contributed by atoms with van der Waals surface area (Å²) in [5.74, 6) is 0. The van der Waals surface area contributed by atoms with Gasteiger partial charge in [0.05, 0.1) is 6.04 Å². The van der Waals surface area contributed by atoms with E-state index in [1.165, 1.54) is 5.56 Å². The topological polar surface area (TPSA) is 32.3 Å². The summed E-state index contributed by atoms with van der Waals surface area (Å²) >= 11 is 9.47. The molecular weight excluding hydrogens is 326 g/mol. The van der Waals surface area contributed by atoms with Crippen LogP contribution in [0.15, 0.2) is 46.9 Å². The average molecular weight is 339 g/mol. The smallest absolute Gasteiger partial charge is 0.101 e. The van der Waals surface area contributed by atoms with Crippen LogP contribution in [0.2, 0.25) is 5.02 Å². The van der Waals surface area contributed by atoms with Crippen LogP contribution in [-0.4, -0.2) is 11.1 Å². The van der Waals surface area contributed by atoms with Crippen molar-refractivity contribution in [3.05, 3.63) is 63.1 Å². The number of nitrogens with one attached hydrogen (secondary N) is 1. The molecule has 1 heterocycles. The van der Waals surface area contributed by atoms with E-state index >= 15 is 0 Å². The van der Waals surface area contributed by atoms with E-state index in [0.29, 0.717) is 5.02 Å². The molecule has 2 nitrogen and oxygen atoms in total. The molecule has 2 aromatic rings. The number of hydrogen-bond donors (Lipinski definition) is 2. The molecule has 0 radical (unpaired) electrons. The maximum absolute atomic E-state index is 10.5. The number of hydrogen-bond acceptors (Lipinski definition) is 2. The third-order valence-electron chi connectivity index (χ3n) is 3.46. The number of aliphatic hydroxyl groups is 1. The van der Waals surface area contributed by atoms with Crippen LogP contribution in [0.4, 0.5) is 5.69 Å². The largest absolute Gasteiger partial charge is 0.386 e. The van der Waals surface area contributed by atoms with Crippen LogP contribution in [0.5, 0.6) is 0 Å². The summed E-state index contributed by atoms with van der Waals surface area (Å²) in [5.41, 5.74) is 3.16. The Kier molecular flexibility index (Phi) is 3.52. The zero-order valence-corrected chi connectivity index (χ0v) is 12.4. The lowest BCUT2D eigenvalue weighted by Crippen LogP contribution is -2.25. The van der Waals surface area contributed by atoms with Gasteiger partial charge in [0, 0.05) is 15.2 Å². The average Bonchev–Trinajstić information content (AvgIpc) is 2.84. The van der Waals surface area contributed by atoms with Gasteiger partial charge in [-0.25, -0.2) is 0 Å². The number of anilines is 1. The van der Waals surface area contributed by atoms with E-state index < -0.39 is 6.10 Å². The van der Waals surface area contributed by atoms with Gasteiger partial charge < -0.3 is 10.4 Å². The van der Waals surface area contributed by atoms with Crippen molar-refractivity contribution < 1.29 is 5.11 Å². The summed E-state index contributed by atoms with van der Waals surface area (Å²) in [4.78, 5) is 0. The second-order valence-electron chi connectivity index (χ2n) is 4.72. The Labute approximate surface area is 125 Å². The number of aliphatic hydroxyl groups excluding tert-OH is 1. The number of para-hydroxylation sites is 1. The Morgan fingerprint density at radius 3 is 2.84 bits per heavy atom. The first-order valence-corrected chi connectivity index (χ1v) is 7.29. The summed E-state index contributed by atoms with van der Waals surface area (Å²) in [7, 11) is 0. The molecule has 98 valence electrons. The molecule has 4 heteroatoms. The molecule has 3 rings (SSSR count). The van der Waals surface area contributed by atoms with Crippen molar-refractivity contribution in [2.45, 2.75) is 18.6 Å². The summed E-state index contributed by atoms with van der Waals surface area (Å²) in [6.07, 6.45) is 0.219. The predicted octanol–water partition coefficient (Wildman–Crippen LogP) is 4.17. The lowest BCUT2D eigenvalue weighted by atomic mass is 9.99. The minimum Gasteiger partial charge on any atom is -0.386 e. The van der Waals surface area contributed by atoms with Crippen LogP contribution in [-0.2, 0) is 6.42 Å². The molecule has 0 aliphatic carbocycles. The number of halogens is 2. The number of fused-ring (bicyclic) bond motifs is 1. The van der Waals surface area contributed by atoms with Crippen molar-refractivity contribution in [3.8, 4) is 0 Å². The van der Waals surface area contributed by atoms with Gasteiger partial charge in [0.1, 0.15) is 6.10 Å². The van der Waals surface area contributed by atoms with E-state index in [-0.39, 0.29) is 6.04 Å². The van der Waals surface area contributed by atoms with Crippen molar-refractivity contribution >= 4 is 33.2 Å². The second-order valence-corrected chi connectivity index (χ2v) is 6.01. The third-order valence-corrected chi connectivity index (χ3v) is 4.41. The van der Waals surface area contributed by atoms with E-state index in [1.54, 1.807) is 12.1 Å². The highest BCUT2D eigenvalue weighted by molar-refractivity contribution is 9.10. The minimum atomic E-state index is -0.597. The van der Waals surface area contributed by atoms with E-state index in [1.807, 2.05) is 24.3 Å². The summed E-state index contributed by atoms with van der Waals surface area (Å²) < 4.78 is 0.877. The lowest BCUT2D eigenvalue weighted by molar-refractivity contribution is 0.156. The van der Waals surface area contributed by atoms with Crippen molar-refractivity contribution in [3.63, 3.8) is 0 Å². The minimum absolute atomic E-state index is 0.0211. The fourth-order valence-electron chi connectivity index (χ4n) is 2.48. The summed E-state index contributed by atoms with van der Waals surface area (Å²) in [6.45, 7) is 0. The molecule has 0 spiro atoms. The first-order valence-electron chi connectivity index (χ1n) is 6.12. The van der Waals surface area contributed by atoms with Crippen molar-refractivity contribution in [2.75, 3.05) is 5.32 Å². The van der Waals surface area contributed by atoms with Gasteiger partial charge in [-0.1, -0.05) is 45.7 Å². The number of benzene rings is 2. The van der Waals surface area contributed by atoms with Crippen LogP contribution in [0, 0.1) is 0 Å². The quantitative estimate of drug-likeness (QED) is 0.861. The molecule has 2 aromatic carbocycles. The summed E-state index contributed by atoms with van der Waals surface area (Å²) in [5, 5.41) is 14.5. The standard InChI is InChI=1S/C15H13BrClNO/c16-12-6-5-10(17)8-11(12)15(19)14-7-9-3-1-2-4-13(9)18-14/h1-6,8,14-15,18-19H,7H2. The molecule has 0 saturated carbocycles. The van der Waals surface area contributed by atoms with Gasteiger partial charge in [0.25, 0.3) is 0 Å². The fraction of sp³-hybridized carbons (Fsp3) is 0.200. The van der Waals surface area contributed by atoms with Crippen molar-refractivity contribution in [1.82, 2.24) is 0 Å². The Morgan fingerprint density at radius 2 is 2.05 bits per heavy atom.